The summed E-state index contributed by atoms with van der Waals surface area (Å²) in [6.07, 6.45) is 6.76. The van der Waals surface area contributed by atoms with E-state index in [9.17, 15) is 14.9 Å². The molecule has 4 aromatic rings. The van der Waals surface area contributed by atoms with Gasteiger partial charge in [-0.2, -0.15) is 5.26 Å². The van der Waals surface area contributed by atoms with Crippen molar-refractivity contribution in [1.82, 2.24) is 19.5 Å². The molecule has 0 radical (unpaired) electrons. The van der Waals surface area contributed by atoms with E-state index in [1.165, 1.54) is 17.0 Å². The second-order valence-corrected chi connectivity index (χ2v) is 9.50. The van der Waals surface area contributed by atoms with Crippen molar-refractivity contribution in [2.75, 3.05) is 6.61 Å². The molecule has 0 bridgehead atoms. The van der Waals surface area contributed by atoms with Gasteiger partial charge in [-0.3, -0.25) is 9.59 Å². The number of carbonyl (C=O) groups is 1. The smallest absolute Gasteiger partial charge is 0.264 e. The van der Waals surface area contributed by atoms with E-state index in [1.807, 2.05) is 42.5 Å². The number of hydrogen-bond acceptors (Lipinski definition) is 7. The lowest BCUT2D eigenvalue weighted by Gasteiger charge is -2.15. The van der Waals surface area contributed by atoms with Crippen LogP contribution in [0.3, 0.4) is 0 Å². The van der Waals surface area contributed by atoms with Crippen molar-refractivity contribution in [3.63, 3.8) is 0 Å². The average molecular weight is 537 g/mol. The molecule has 0 saturated carbocycles. The Labute approximate surface area is 233 Å². The van der Waals surface area contributed by atoms with Crippen LogP contribution in [0.1, 0.15) is 60.8 Å². The Kier molecular flexibility index (Phi) is 9.36. The number of rotatable bonds is 12. The number of benzene rings is 2. The second-order valence-electron chi connectivity index (χ2n) is 9.50. The van der Waals surface area contributed by atoms with Crippen LogP contribution in [-0.2, 0) is 17.6 Å². The summed E-state index contributed by atoms with van der Waals surface area (Å²) >= 11 is 0. The van der Waals surface area contributed by atoms with Gasteiger partial charge < -0.3 is 10.5 Å². The second kappa shape index (κ2) is 13.3. The average Bonchev–Trinajstić information content (AvgIpc) is 2.97. The number of nitriles is 1. The summed E-state index contributed by atoms with van der Waals surface area (Å²) in [5, 5.41) is 9.46. The molecule has 2 N–H and O–H groups in total. The number of hydrogen-bond donors (Lipinski definition) is 1. The summed E-state index contributed by atoms with van der Waals surface area (Å²) in [4.78, 5) is 38.2. The quantitative estimate of drug-likeness (QED) is 0.264. The first-order valence-corrected chi connectivity index (χ1v) is 13.3. The molecule has 40 heavy (non-hydrogen) atoms. The van der Waals surface area contributed by atoms with Gasteiger partial charge in [0.1, 0.15) is 5.82 Å². The molecule has 0 aliphatic rings. The van der Waals surface area contributed by atoms with E-state index in [1.54, 1.807) is 13.0 Å². The van der Waals surface area contributed by atoms with E-state index < -0.39 is 0 Å². The highest BCUT2D eigenvalue weighted by Gasteiger charge is 2.18. The van der Waals surface area contributed by atoms with Crippen LogP contribution in [0, 0.1) is 18.3 Å². The van der Waals surface area contributed by atoms with Crippen molar-refractivity contribution in [3.05, 3.63) is 99.5 Å². The number of unbranched alkanes of at least 4 members (excludes halogenated alkanes) is 1. The van der Waals surface area contributed by atoms with Crippen LogP contribution in [0.2, 0.25) is 0 Å². The molecule has 0 aliphatic carbocycles. The highest BCUT2D eigenvalue weighted by atomic mass is 16.5. The van der Waals surface area contributed by atoms with Crippen molar-refractivity contribution in [2.24, 2.45) is 5.73 Å². The van der Waals surface area contributed by atoms with Gasteiger partial charge in [-0.1, -0.05) is 55.8 Å². The fourth-order valence-corrected chi connectivity index (χ4v) is 4.46. The van der Waals surface area contributed by atoms with Crippen LogP contribution in [-0.4, -0.2) is 32.0 Å². The molecule has 0 atom stereocenters. The standard InChI is InChI=1S/C31H32N6O3/c1-3-4-10-28-27(17-22-12-14-23(15-13-22)26-9-6-5-8-24(26)18-32)30(39)37(21(2)36-28)31-34-19-25(20-35-31)40-16-7-11-29(33)38/h5-6,8-9,12-15,19-20H,3-4,7,10-11,16-17H2,1-2H3,(H2,33,38). The first-order valence-electron chi connectivity index (χ1n) is 13.3. The molecule has 0 saturated heterocycles. The predicted octanol–water partition coefficient (Wildman–Crippen LogP) is 4.45. The molecule has 1 amide bonds. The number of aromatic nitrogens is 4. The fraction of sp³-hybridized carbons (Fsp3) is 0.290. The number of nitrogens with zero attached hydrogens (tertiary/aromatic N) is 5. The van der Waals surface area contributed by atoms with Crippen LogP contribution in [0.5, 0.6) is 5.75 Å². The maximum absolute atomic E-state index is 13.8. The minimum Gasteiger partial charge on any atom is -0.490 e. The van der Waals surface area contributed by atoms with E-state index in [0.717, 1.165) is 35.2 Å². The minimum atomic E-state index is -0.379. The van der Waals surface area contributed by atoms with Gasteiger partial charge in [0.05, 0.1) is 36.3 Å². The molecule has 0 aliphatic heterocycles. The molecule has 0 fully saturated rings. The number of carbonyl (C=O) groups excluding carboxylic acids is 1. The molecule has 9 heteroatoms. The Bertz CT molecular complexity index is 1570. The van der Waals surface area contributed by atoms with Crippen molar-refractivity contribution in [2.45, 2.75) is 52.4 Å². The fourth-order valence-electron chi connectivity index (χ4n) is 4.46. The third kappa shape index (κ3) is 6.77. The third-order valence-electron chi connectivity index (χ3n) is 6.54. The lowest BCUT2D eigenvalue weighted by atomic mass is 9.97. The summed E-state index contributed by atoms with van der Waals surface area (Å²) in [6, 6.07) is 17.6. The molecule has 0 unspecified atom stereocenters. The highest BCUT2D eigenvalue weighted by molar-refractivity contribution is 5.73. The number of ether oxygens (including phenoxy) is 1. The highest BCUT2D eigenvalue weighted by Crippen LogP contribution is 2.24. The Hall–Kier alpha value is -4.84. The molecular weight excluding hydrogens is 504 g/mol. The Morgan fingerprint density at radius 2 is 1.80 bits per heavy atom. The van der Waals surface area contributed by atoms with Gasteiger partial charge >= 0.3 is 0 Å². The van der Waals surface area contributed by atoms with Crippen molar-refractivity contribution in [3.8, 4) is 28.9 Å². The van der Waals surface area contributed by atoms with E-state index in [-0.39, 0.29) is 23.8 Å². The van der Waals surface area contributed by atoms with Crippen molar-refractivity contribution >= 4 is 5.91 Å². The maximum Gasteiger partial charge on any atom is 0.264 e. The molecule has 2 aromatic carbocycles. The van der Waals surface area contributed by atoms with E-state index >= 15 is 0 Å². The van der Waals surface area contributed by atoms with Gasteiger partial charge in [0.15, 0.2) is 5.75 Å². The Morgan fingerprint density at radius 1 is 1.07 bits per heavy atom. The van der Waals surface area contributed by atoms with E-state index in [4.69, 9.17) is 15.5 Å². The molecule has 9 nitrogen and oxygen atoms in total. The van der Waals surface area contributed by atoms with Crippen molar-refractivity contribution in [1.29, 1.82) is 5.26 Å². The normalized spacial score (nSPS) is 10.7. The summed E-state index contributed by atoms with van der Waals surface area (Å²) < 4.78 is 7.01. The summed E-state index contributed by atoms with van der Waals surface area (Å²) in [6.45, 7) is 4.19. The van der Waals surface area contributed by atoms with Crippen molar-refractivity contribution < 1.29 is 9.53 Å². The zero-order valence-corrected chi connectivity index (χ0v) is 22.8. The lowest BCUT2D eigenvalue weighted by molar-refractivity contribution is -0.118. The van der Waals surface area contributed by atoms with E-state index in [0.29, 0.717) is 48.6 Å². The predicted molar refractivity (Wildman–Crippen MR) is 152 cm³/mol. The van der Waals surface area contributed by atoms with Gasteiger partial charge in [-0.05, 0) is 48.9 Å². The van der Waals surface area contributed by atoms with Crippen LogP contribution in [0.25, 0.3) is 17.1 Å². The molecule has 4 rings (SSSR count). The molecule has 2 aromatic heterocycles. The van der Waals surface area contributed by atoms with Gasteiger partial charge in [0, 0.05) is 18.4 Å². The third-order valence-corrected chi connectivity index (χ3v) is 6.54. The number of aryl methyl sites for hydroxylation is 2. The Morgan fingerprint density at radius 3 is 2.48 bits per heavy atom. The largest absolute Gasteiger partial charge is 0.490 e. The molecular formula is C31H32N6O3. The van der Waals surface area contributed by atoms with Crippen LogP contribution < -0.4 is 16.0 Å². The first kappa shape index (κ1) is 28.2. The maximum atomic E-state index is 13.8. The summed E-state index contributed by atoms with van der Waals surface area (Å²) in [5.41, 5.74) is 9.74. The molecule has 204 valence electrons. The van der Waals surface area contributed by atoms with E-state index in [2.05, 4.69) is 23.0 Å². The zero-order chi connectivity index (χ0) is 28.5. The monoisotopic (exact) mass is 536 g/mol. The van der Waals surface area contributed by atoms with Gasteiger partial charge in [-0.25, -0.2) is 19.5 Å². The molecule has 0 spiro atoms. The number of primary amides is 1. The minimum absolute atomic E-state index is 0.201. The Balaban J connectivity index is 1.62. The number of amides is 1. The summed E-state index contributed by atoms with van der Waals surface area (Å²) in [5.74, 6) is 0.783. The zero-order valence-electron chi connectivity index (χ0n) is 22.8. The van der Waals surface area contributed by atoms with Gasteiger partial charge in [0.25, 0.3) is 5.56 Å². The van der Waals surface area contributed by atoms with Gasteiger partial charge in [-0.15, -0.1) is 0 Å². The number of nitrogens with two attached hydrogens (primary N) is 1. The lowest BCUT2D eigenvalue weighted by Crippen LogP contribution is -2.29. The first-order chi connectivity index (χ1) is 19.4. The molecule has 2 heterocycles. The van der Waals surface area contributed by atoms with Crippen LogP contribution >= 0.6 is 0 Å². The van der Waals surface area contributed by atoms with Crippen LogP contribution in [0.4, 0.5) is 0 Å². The van der Waals surface area contributed by atoms with Crippen LogP contribution in [0.15, 0.2) is 65.7 Å². The van der Waals surface area contributed by atoms with Gasteiger partial charge in [0.2, 0.25) is 11.9 Å². The summed E-state index contributed by atoms with van der Waals surface area (Å²) in [7, 11) is 0. The SMILES string of the molecule is CCCCc1nc(C)n(-c2ncc(OCCCC(N)=O)cn2)c(=O)c1Cc1ccc(-c2ccccc2C#N)cc1. The topological polar surface area (TPSA) is 137 Å².